The molecule has 2 heteroatoms. The zero-order valence-electron chi connectivity index (χ0n) is 11.5. The van der Waals surface area contributed by atoms with Crippen LogP contribution in [0.2, 0.25) is 0 Å². The molecule has 0 aliphatic carbocycles. The van der Waals surface area contributed by atoms with Crippen molar-refractivity contribution in [2.24, 2.45) is 0 Å². The van der Waals surface area contributed by atoms with Crippen LogP contribution in [0.4, 0.5) is 0 Å². The molecule has 0 heterocycles. The van der Waals surface area contributed by atoms with Crippen LogP contribution in [0.3, 0.4) is 0 Å². The molecule has 0 aliphatic rings. The molecule has 0 aliphatic heterocycles. The highest BCUT2D eigenvalue weighted by Gasteiger charge is 2.04. The molecule has 2 N–H and O–H groups in total. The first-order valence-electron chi connectivity index (χ1n) is 7.36. The molecule has 0 amide bonds. The first-order chi connectivity index (χ1) is 8.20. The van der Waals surface area contributed by atoms with Crippen LogP contribution in [0.1, 0.15) is 77.6 Å². The maximum absolute atomic E-state index is 9.65. The summed E-state index contributed by atoms with van der Waals surface area (Å²) in [4.78, 5) is 0. The van der Waals surface area contributed by atoms with Crippen LogP contribution in [0.25, 0.3) is 0 Å². The van der Waals surface area contributed by atoms with Gasteiger partial charge in [0.05, 0.1) is 12.2 Å². The Morgan fingerprint density at radius 3 is 1.71 bits per heavy atom. The Kier molecular flexibility index (Phi) is 12.3. The van der Waals surface area contributed by atoms with Gasteiger partial charge >= 0.3 is 0 Å². The van der Waals surface area contributed by atoms with Gasteiger partial charge in [-0.05, 0) is 25.7 Å². The molecule has 0 aromatic heterocycles. The third-order valence-electron chi connectivity index (χ3n) is 3.25. The second-order valence-electron chi connectivity index (χ2n) is 5.08. The van der Waals surface area contributed by atoms with Crippen molar-refractivity contribution in [3.05, 3.63) is 6.92 Å². The van der Waals surface area contributed by atoms with Crippen molar-refractivity contribution in [2.45, 2.75) is 89.8 Å². The fourth-order valence-corrected chi connectivity index (χ4v) is 2.08. The molecule has 0 saturated carbocycles. The van der Waals surface area contributed by atoms with Crippen molar-refractivity contribution < 1.29 is 10.2 Å². The summed E-state index contributed by atoms with van der Waals surface area (Å²) in [5.41, 5.74) is 0. The monoisotopic (exact) mass is 243 g/mol. The third kappa shape index (κ3) is 12.2. The molecule has 0 saturated heterocycles. The first-order valence-corrected chi connectivity index (χ1v) is 7.36. The Bertz CT molecular complexity index is 148. The molecule has 2 atom stereocenters. The standard InChI is InChI=1S/C15H31O2/c1-3-5-11-15(17)13-9-7-6-8-12-14(16)10-4-2/h14-17H,2-13H2,1H3. The highest BCUT2D eigenvalue weighted by molar-refractivity contribution is 4.59. The van der Waals surface area contributed by atoms with Crippen molar-refractivity contribution in [3.8, 4) is 0 Å². The molecule has 0 fully saturated rings. The summed E-state index contributed by atoms with van der Waals surface area (Å²) < 4.78 is 0. The Labute approximate surface area is 107 Å². The van der Waals surface area contributed by atoms with E-state index in [0.717, 1.165) is 51.4 Å². The fraction of sp³-hybridized carbons (Fsp3) is 0.933. The van der Waals surface area contributed by atoms with E-state index in [-0.39, 0.29) is 12.2 Å². The second kappa shape index (κ2) is 12.4. The predicted molar refractivity (Wildman–Crippen MR) is 73.8 cm³/mol. The molecule has 0 aromatic carbocycles. The maximum Gasteiger partial charge on any atom is 0.0540 e. The highest BCUT2D eigenvalue weighted by Crippen LogP contribution is 2.13. The lowest BCUT2D eigenvalue weighted by molar-refractivity contribution is 0.144. The summed E-state index contributed by atoms with van der Waals surface area (Å²) in [6.45, 7) is 5.90. The number of aliphatic hydroxyl groups excluding tert-OH is 2. The smallest absolute Gasteiger partial charge is 0.0540 e. The van der Waals surface area contributed by atoms with Gasteiger partial charge < -0.3 is 10.2 Å². The number of hydrogen-bond donors (Lipinski definition) is 2. The van der Waals surface area contributed by atoms with Crippen molar-refractivity contribution in [1.82, 2.24) is 0 Å². The average molecular weight is 243 g/mol. The minimum Gasteiger partial charge on any atom is -0.393 e. The van der Waals surface area contributed by atoms with Crippen LogP contribution in [0.5, 0.6) is 0 Å². The average Bonchev–Trinajstić information content (AvgIpc) is 2.31. The molecule has 103 valence electrons. The van der Waals surface area contributed by atoms with Crippen molar-refractivity contribution in [1.29, 1.82) is 0 Å². The van der Waals surface area contributed by atoms with E-state index in [1.807, 2.05) is 0 Å². The van der Waals surface area contributed by atoms with E-state index < -0.39 is 0 Å². The lowest BCUT2D eigenvalue weighted by Crippen LogP contribution is -2.06. The second-order valence-corrected chi connectivity index (χ2v) is 5.08. The molecule has 0 bridgehead atoms. The van der Waals surface area contributed by atoms with E-state index in [4.69, 9.17) is 0 Å². The van der Waals surface area contributed by atoms with E-state index in [9.17, 15) is 10.2 Å². The summed E-state index contributed by atoms with van der Waals surface area (Å²) in [5.74, 6) is 0. The van der Waals surface area contributed by atoms with E-state index in [1.54, 1.807) is 0 Å². The van der Waals surface area contributed by atoms with Gasteiger partial charge in [0.15, 0.2) is 0 Å². The summed E-state index contributed by atoms with van der Waals surface area (Å²) >= 11 is 0. The van der Waals surface area contributed by atoms with Crippen LogP contribution in [-0.2, 0) is 0 Å². The minimum atomic E-state index is -0.150. The maximum atomic E-state index is 9.65. The van der Waals surface area contributed by atoms with Gasteiger partial charge in [-0.1, -0.05) is 58.8 Å². The van der Waals surface area contributed by atoms with Crippen LogP contribution in [-0.4, -0.2) is 22.4 Å². The van der Waals surface area contributed by atoms with Gasteiger partial charge in [-0.25, -0.2) is 0 Å². The van der Waals surface area contributed by atoms with E-state index in [0.29, 0.717) is 0 Å². The lowest BCUT2D eigenvalue weighted by atomic mass is 10.0. The van der Waals surface area contributed by atoms with Crippen molar-refractivity contribution in [3.63, 3.8) is 0 Å². The molecule has 0 rings (SSSR count). The Morgan fingerprint density at radius 2 is 1.24 bits per heavy atom. The normalized spacial score (nSPS) is 14.8. The van der Waals surface area contributed by atoms with Crippen LogP contribution < -0.4 is 0 Å². The van der Waals surface area contributed by atoms with Crippen LogP contribution in [0.15, 0.2) is 0 Å². The molecule has 2 nitrogen and oxygen atoms in total. The topological polar surface area (TPSA) is 40.5 Å². The summed E-state index contributed by atoms with van der Waals surface area (Å²) in [7, 11) is 0. The minimum absolute atomic E-state index is 0.0910. The van der Waals surface area contributed by atoms with Crippen molar-refractivity contribution >= 4 is 0 Å². The number of unbranched alkanes of at least 4 members (excludes halogenated alkanes) is 4. The van der Waals surface area contributed by atoms with Gasteiger partial charge in [-0.15, -0.1) is 0 Å². The zero-order chi connectivity index (χ0) is 12.9. The predicted octanol–water partition coefficient (Wildman–Crippen LogP) is 3.85. The Hall–Kier alpha value is -0.0800. The molecule has 0 spiro atoms. The first kappa shape index (κ1) is 16.9. The quantitative estimate of drug-likeness (QED) is 0.511. The fourth-order valence-electron chi connectivity index (χ4n) is 2.08. The summed E-state index contributed by atoms with van der Waals surface area (Å²) in [6.07, 6.45) is 11.1. The Morgan fingerprint density at radius 1 is 0.765 bits per heavy atom. The van der Waals surface area contributed by atoms with Gasteiger partial charge in [0.2, 0.25) is 0 Å². The van der Waals surface area contributed by atoms with Crippen LogP contribution in [0, 0.1) is 6.92 Å². The van der Waals surface area contributed by atoms with E-state index in [1.165, 1.54) is 19.3 Å². The molecular weight excluding hydrogens is 212 g/mol. The lowest BCUT2D eigenvalue weighted by Gasteiger charge is -2.10. The highest BCUT2D eigenvalue weighted by atomic mass is 16.3. The van der Waals surface area contributed by atoms with E-state index in [2.05, 4.69) is 13.8 Å². The third-order valence-corrected chi connectivity index (χ3v) is 3.25. The van der Waals surface area contributed by atoms with Gasteiger partial charge in [0, 0.05) is 0 Å². The summed E-state index contributed by atoms with van der Waals surface area (Å²) in [6, 6.07) is 0. The SMILES string of the molecule is [CH2]CCC(O)CCCCCCC(O)CCCC. The zero-order valence-corrected chi connectivity index (χ0v) is 11.5. The molecule has 2 unspecified atom stereocenters. The Balaban J connectivity index is 3.17. The number of aliphatic hydroxyl groups is 2. The molecule has 17 heavy (non-hydrogen) atoms. The van der Waals surface area contributed by atoms with Crippen LogP contribution >= 0.6 is 0 Å². The number of hydrogen-bond acceptors (Lipinski definition) is 2. The molecular formula is C15H31O2. The summed E-state index contributed by atoms with van der Waals surface area (Å²) in [5, 5.41) is 19.2. The van der Waals surface area contributed by atoms with Gasteiger partial charge in [0.25, 0.3) is 0 Å². The van der Waals surface area contributed by atoms with Gasteiger partial charge in [-0.2, -0.15) is 0 Å². The number of rotatable bonds is 12. The molecule has 1 radical (unpaired) electrons. The van der Waals surface area contributed by atoms with Crippen molar-refractivity contribution in [2.75, 3.05) is 0 Å². The molecule has 0 aromatic rings. The van der Waals surface area contributed by atoms with Gasteiger partial charge in [-0.3, -0.25) is 0 Å². The largest absolute Gasteiger partial charge is 0.393 e. The van der Waals surface area contributed by atoms with E-state index >= 15 is 0 Å². The van der Waals surface area contributed by atoms with Gasteiger partial charge in [0.1, 0.15) is 0 Å².